The topological polar surface area (TPSA) is 38.5 Å². The summed E-state index contributed by atoms with van der Waals surface area (Å²) in [5, 5.41) is 0. The third-order valence-corrected chi connectivity index (χ3v) is 4.25. The molecule has 1 saturated heterocycles. The van der Waals surface area contributed by atoms with Crippen molar-refractivity contribution in [3.8, 4) is 5.75 Å². The summed E-state index contributed by atoms with van der Waals surface area (Å²) in [6.07, 6.45) is 3.71. The number of anilines is 1. The van der Waals surface area contributed by atoms with Gasteiger partial charge in [-0.05, 0) is 45.2 Å². The third-order valence-electron chi connectivity index (χ3n) is 4.25. The molecule has 2 unspecified atom stereocenters. The minimum atomic E-state index is -0.0172. The molecular weight excluding hydrogens is 236 g/mol. The van der Waals surface area contributed by atoms with Crippen LogP contribution in [0, 0.1) is 0 Å². The van der Waals surface area contributed by atoms with Gasteiger partial charge in [-0.15, -0.1) is 0 Å². The fraction of sp³-hybridized carbons (Fsp3) is 0.625. The fourth-order valence-corrected chi connectivity index (χ4v) is 3.30. The Morgan fingerprint density at radius 2 is 2.16 bits per heavy atom. The van der Waals surface area contributed by atoms with Crippen LogP contribution in [0.3, 0.4) is 0 Å². The van der Waals surface area contributed by atoms with E-state index in [0.717, 1.165) is 11.3 Å². The minimum Gasteiger partial charge on any atom is -0.496 e. The Labute approximate surface area is 116 Å². The highest BCUT2D eigenvalue weighted by atomic mass is 16.5. The maximum absolute atomic E-state index is 6.18. The standard InChI is InChI=1S/C16H26N2O/c1-5-13-10-9-11(2)18(13)14-7-6-8-15(19-4)16(14)12(3)17/h6-8,11-13H,5,9-10,17H2,1-4H3/t11?,12-,13?/m0/s1. The molecule has 106 valence electrons. The summed E-state index contributed by atoms with van der Waals surface area (Å²) in [5.41, 5.74) is 8.58. The van der Waals surface area contributed by atoms with Gasteiger partial charge in [-0.25, -0.2) is 0 Å². The summed E-state index contributed by atoms with van der Waals surface area (Å²) in [6, 6.07) is 7.44. The van der Waals surface area contributed by atoms with Crippen LogP contribution in [-0.4, -0.2) is 19.2 Å². The molecule has 3 atom stereocenters. The quantitative estimate of drug-likeness (QED) is 0.902. The van der Waals surface area contributed by atoms with E-state index in [1.807, 2.05) is 13.0 Å². The molecule has 1 aromatic carbocycles. The molecule has 2 rings (SSSR count). The van der Waals surface area contributed by atoms with E-state index in [2.05, 4.69) is 30.9 Å². The maximum atomic E-state index is 6.18. The lowest BCUT2D eigenvalue weighted by molar-refractivity contribution is 0.406. The molecule has 0 radical (unpaired) electrons. The maximum Gasteiger partial charge on any atom is 0.125 e. The number of benzene rings is 1. The van der Waals surface area contributed by atoms with E-state index in [4.69, 9.17) is 10.5 Å². The first-order valence-electron chi connectivity index (χ1n) is 7.30. The van der Waals surface area contributed by atoms with Crippen LogP contribution in [0.25, 0.3) is 0 Å². The van der Waals surface area contributed by atoms with Crippen molar-refractivity contribution >= 4 is 5.69 Å². The molecule has 0 spiro atoms. The number of nitrogens with zero attached hydrogens (tertiary/aromatic N) is 1. The van der Waals surface area contributed by atoms with Gasteiger partial charge in [-0.2, -0.15) is 0 Å². The highest BCUT2D eigenvalue weighted by Gasteiger charge is 2.32. The normalized spacial score (nSPS) is 24.6. The van der Waals surface area contributed by atoms with Gasteiger partial charge in [-0.1, -0.05) is 13.0 Å². The average molecular weight is 262 g/mol. The van der Waals surface area contributed by atoms with Gasteiger partial charge in [0.25, 0.3) is 0 Å². The number of rotatable bonds is 4. The zero-order valence-corrected chi connectivity index (χ0v) is 12.5. The van der Waals surface area contributed by atoms with Crippen molar-refractivity contribution in [2.45, 2.75) is 58.2 Å². The van der Waals surface area contributed by atoms with Crippen LogP contribution in [0.4, 0.5) is 5.69 Å². The molecule has 0 aromatic heterocycles. The highest BCUT2D eigenvalue weighted by Crippen LogP contribution is 2.39. The zero-order chi connectivity index (χ0) is 14.0. The van der Waals surface area contributed by atoms with Crippen molar-refractivity contribution in [3.05, 3.63) is 23.8 Å². The van der Waals surface area contributed by atoms with Gasteiger partial charge < -0.3 is 15.4 Å². The molecular formula is C16H26N2O. The summed E-state index contributed by atoms with van der Waals surface area (Å²) in [7, 11) is 1.72. The van der Waals surface area contributed by atoms with Gasteiger partial charge in [-0.3, -0.25) is 0 Å². The minimum absolute atomic E-state index is 0.0172. The van der Waals surface area contributed by atoms with E-state index in [-0.39, 0.29) is 6.04 Å². The van der Waals surface area contributed by atoms with E-state index < -0.39 is 0 Å². The van der Waals surface area contributed by atoms with Gasteiger partial charge in [0.05, 0.1) is 7.11 Å². The van der Waals surface area contributed by atoms with Crippen LogP contribution >= 0.6 is 0 Å². The average Bonchev–Trinajstić information content (AvgIpc) is 2.78. The second-order valence-corrected chi connectivity index (χ2v) is 5.58. The Morgan fingerprint density at radius 1 is 1.42 bits per heavy atom. The molecule has 1 heterocycles. The predicted octanol–water partition coefficient (Wildman–Crippen LogP) is 3.48. The van der Waals surface area contributed by atoms with Crippen LogP contribution < -0.4 is 15.4 Å². The molecule has 0 aliphatic carbocycles. The Hall–Kier alpha value is -1.22. The number of nitrogens with two attached hydrogens (primary N) is 1. The van der Waals surface area contributed by atoms with Crippen LogP contribution in [-0.2, 0) is 0 Å². The molecule has 1 fully saturated rings. The molecule has 1 aliphatic heterocycles. The van der Waals surface area contributed by atoms with Gasteiger partial charge in [0.2, 0.25) is 0 Å². The summed E-state index contributed by atoms with van der Waals surface area (Å²) in [5.74, 6) is 0.904. The Balaban J connectivity index is 2.49. The molecule has 3 heteroatoms. The monoisotopic (exact) mass is 262 g/mol. The van der Waals surface area contributed by atoms with Crippen LogP contribution in [0.15, 0.2) is 18.2 Å². The van der Waals surface area contributed by atoms with Crippen molar-refractivity contribution in [2.24, 2.45) is 5.73 Å². The van der Waals surface area contributed by atoms with E-state index in [0.29, 0.717) is 12.1 Å². The Morgan fingerprint density at radius 3 is 2.74 bits per heavy atom. The molecule has 3 nitrogen and oxygen atoms in total. The lowest BCUT2D eigenvalue weighted by Gasteiger charge is -2.33. The molecule has 19 heavy (non-hydrogen) atoms. The van der Waals surface area contributed by atoms with Crippen molar-refractivity contribution in [3.63, 3.8) is 0 Å². The highest BCUT2D eigenvalue weighted by molar-refractivity contribution is 5.62. The third kappa shape index (κ3) is 2.57. The van der Waals surface area contributed by atoms with E-state index >= 15 is 0 Å². The van der Waals surface area contributed by atoms with E-state index in [9.17, 15) is 0 Å². The second kappa shape index (κ2) is 5.83. The predicted molar refractivity (Wildman–Crippen MR) is 80.9 cm³/mol. The summed E-state index contributed by atoms with van der Waals surface area (Å²) in [4.78, 5) is 2.54. The van der Waals surface area contributed by atoms with Crippen LogP contribution in [0.2, 0.25) is 0 Å². The van der Waals surface area contributed by atoms with E-state index in [1.54, 1.807) is 7.11 Å². The first kappa shape index (κ1) is 14.2. The number of ether oxygens (including phenoxy) is 1. The van der Waals surface area contributed by atoms with Gasteiger partial charge in [0, 0.05) is 29.4 Å². The molecule has 0 saturated carbocycles. The summed E-state index contributed by atoms with van der Waals surface area (Å²) >= 11 is 0. The largest absolute Gasteiger partial charge is 0.496 e. The fourth-order valence-electron chi connectivity index (χ4n) is 3.30. The first-order valence-corrected chi connectivity index (χ1v) is 7.30. The van der Waals surface area contributed by atoms with Crippen molar-refractivity contribution in [1.29, 1.82) is 0 Å². The second-order valence-electron chi connectivity index (χ2n) is 5.58. The van der Waals surface area contributed by atoms with Crippen molar-refractivity contribution in [2.75, 3.05) is 12.0 Å². The summed E-state index contributed by atoms with van der Waals surface area (Å²) < 4.78 is 5.50. The lowest BCUT2D eigenvalue weighted by Crippen LogP contribution is -2.35. The Bertz CT molecular complexity index is 431. The number of hydrogen-bond acceptors (Lipinski definition) is 3. The number of methoxy groups -OCH3 is 1. The van der Waals surface area contributed by atoms with Crippen LogP contribution in [0.5, 0.6) is 5.75 Å². The van der Waals surface area contributed by atoms with Gasteiger partial charge in [0.1, 0.15) is 5.75 Å². The molecule has 0 amide bonds. The lowest BCUT2D eigenvalue weighted by atomic mass is 10.0. The van der Waals surface area contributed by atoms with Gasteiger partial charge >= 0.3 is 0 Å². The molecule has 2 N–H and O–H groups in total. The summed E-state index contributed by atoms with van der Waals surface area (Å²) in [6.45, 7) is 6.60. The molecule has 1 aromatic rings. The molecule has 1 aliphatic rings. The Kier molecular flexibility index (Phi) is 4.35. The smallest absolute Gasteiger partial charge is 0.125 e. The zero-order valence-electron chi connectivity index (χ0n) is 12.5. The van der Waals surface area contributed by atoms with Gasteiger partial charge in [0.15, 0.2) is 0 Å². The van der Waals surface area contributed by atoms with E-state index in [1.165, 1.54) is 24.9 Å². The van der Waals surface area contributed by atoms with Crippen molar-refractivity contribution in [1.82, 2.24) is 0 Å². The molecule has 0 bridgehead atoms. The number of hydrogen-bond donors (Lipinski definition) is 1. The SMILES string of the molecule is CCC1CCC(C)N1c1cccc(OC)c1[C@H](C)N. The van der Waals surface area contributed by atoms with Crippen LogP contribution in [0.1, 0.15) is 51.6 Å². The van der Waals surface area contributed by atoms with Crippen molar-refractivity contribution < 1.29 is 4.74 Å². The first-order chi connectivity index (χ1) is 9.10.